The van der Waals surface area contributed by atoms with Gasteiger partial charge in [-0.25, -0.2) is 9.97 Å². The summed E-state index contributed by atoms with van der Waals surface area (Å²) in [5.41, 5.74) is 3.00. The van der Waals surface area contributed by atoms with Crippen molar-refractivity contribution in [1.82, 2.24) is 9.97 Å². The van der Waals surface area contributed by atoms with E-state index in [1.54, 1.807) is 13.4 Å². The summed E-state index contributed by atoms with van der Waals surface area (Å²) in [7, 11) is 3.51. The molecule has 0 unspecified atom stereocenters. The van der Waals surface area contributed by atoms with Gasteiger partial charge in [-0.15, -0.1) is 0 Å². The molecule has 0 atom stereocenters. The molecule has 1 saturated heterocycles. The fourth-order valence-electron chi connectivity index (χ4n) is 3.33. The molecule has 1 N–H and O–H groups in total. The summed E-state index contributed by atoms with van der Waals surface area (Å²) in [6.45, 7) is 3.61. The Morgan fingerprint density at radius 1 is 1.11 bits per heavy atom. The monoisotopic (exact) mass is 380 g/mol. The maximum atomic E-state index is 6.23. The van der Waals surface area contributed by atoms with Gasteiger partial charge in [0.2, 0.25) is 0 Å². The molecule has 1 aliphatic heterocycles. The number of ether oxygens (including phenoxy) is 3. The summed E-state index contributed by atoms with van der Waals surface area (Å²) in [5.74, 6) is 2.34. The van der Waals surface area contributed by atoms with Gasteiger partial charge in [0.15, 0.2) is 0 Å². The first-order chi connectivity index (χ1) is 13.8. The Kier molecular flexibility index (Phi) is 5.43. The van der Waals surface area contributed by atoms with Gasteiger partial charge in [-0.05, 0) is 23.8 Å². The molecule has 0 saturated carbocycles. The number of anilines is 2. The Bertz CT molecular complexity index is 940. The highest BCUT2D eigenvalue weighted by Crippen LogP contribution is 2.35. The molecule has 2 heterocycles. The first-order valence-corrected chi connectivity index (χ1v) is 9.33. The Morgan fingerprint density at radius 2 is 1.89 bits per heavy atom. The van der Waals surface area contributed by atoms with E-state index in [-0.39, 0.29) is 0 Å². The van der Waals surface area contributed by atoms with Gasteiger partial charge in [-0.2, -0.15) is 0 Å². The number of benzene rings is 2. The lowest BCUT2D eigenvalue weighted by Gasteiger charge is -2.29. The van der Waals surface area contributed by atoms with E-state index in [1.165, 1.54) is 0 Å². The first kappa shape index (κ1) is 18.3. The molecule has 2 aromatic carbocycles. The lowest BCUT2D eigenvalue weighted by molar-refractivity contribution is 0.122. The zero-order valence-corrected chi connectivity index (χ0v) is 16.1. The van der Waals surface area contributed by atoms with Crippen LogP contribution in [-0.4, -0.2) is 50.4 Å². The van der Waals surface area contributed by atoms with Crippen LogP contribution in [0.1, 0.15) is 5.56 Å². The van der Waals surface area contributed by atoms with Crippen molar-refractivity contribution in [1.29, 1.82) is 0 Å². The largest absolute Gasteiger partial charge is 0.497 e. The fraction of sp³-hybridized carbons (Fsp3) is 0.333. The molecule has 1 aliphatic rings. The van der Waals surface area contributed by atoms with Gasteiger partial charge >= 0.3 is 0 Å². The van der Waals surface area contributed by atoms with Gasteiger partial charge in [0, 0.05) is 31.9 Å². The van der Waals surface area contributed by atoms with Crippen LogP contribution in [0.15, 0.2) is 42.7 Å². The van der Waals surface area contributed by atoms with Gasteiger partial charge in [0.05, 0.1) is 31.2 Å². The molecule has 0 aliphatic carbocycles. The standard InChI is InChI=1S/C21H24N4O3/c1-22-21-20-18(23-14-24-21)11-16(25-7-9-27-10-8-25)12-19(20)28-13-15-3-5-17(26-2)6-4-15/h3-6,11-12,14H,7-10,13H2,1-2H3,(H,22,23,24). The zero-order valence-electron chi connectivity index (χ0n) is 16.1. The normalized spacial score (nSPS) is 14.1. The van der Waals surface area contributed by atoms with E-state index >= 15 is 0 Å². The SMILES string of the molecule is CNc1ncnc2cc(N3CCOCC3)cc(OCc3ccc(OC)cc3)c12. The Labute approximate surface area is 164 Å². The third-order valence-corrected chi connectivity index (χ3v) is 4.85. The van der Waals surface area contributed by atoms with E-state index in [1.807, 2.05) is 31.3 Å². The smallest absolute Gasteiger partial charge is 0.140 e. The minimum absolute atomic E-state index is 0.448. The van der Waals surface area contributed by atoms with Crippen LogP contribution in [0.25, 0.3) is 10.9 Å². The minimum atomic E-state index is 0.448. The van der Waals surface area contributed by atoms with Gasteiger partial charge in [0.1, 0.15) is 30.3 Å². The van der Waals surface area contributed by atoms with Crippen LogP contribution in [0.4, 0.5) is 11.5 Å². The number of rotatable bonds is 6. The van der Waals surface area contributed by atoms with Crippen molar-refractivity contribution in [2.45, 2.75) is 6.61 Å². The average Bonchev–Trinajstić information content (AvgIpc) is 2.77. The van der Waals surface area contributed by atoms with Crippen molar-refractivity contribution in [3.63, 3.8) is 0 Å². The second kappa shape index (κ2) is 8.31. The molecule has 0 spiro atoms. The van der Waals surface area contributed by atoms with Crippen molar-refractivity contribution in [3.8, 4) is 11.5 Å². The maximum Gasteiger partial charge on any atom is 0.140 e. The fourth-order valence-corrected chi connectivity index (χ4v) is 3.33. The molecule has 146 valence electrons. The van der Waals surface area contributed by atoms with Crippen LogP contribution in [0.2, 0.25) is 0 Å². The molecule has 4 rings (SSSR count). The lowest BCUT2D eigenvalue weighted by atomic mass is 10.1. The Balaban J connectivity index is 1.68. The third-order valence-electron chi connectivity index (χ3n) is 4.85. The number of morpholine rings is 1. The third kappa shape index (κ3) is 3.80. The van der Waals surface area contributed by atoms with Crippen LogP contribution in [-0.2, 0) is 11.3 Å². The van der Waals surface area contributed by atoms with Crippen molar-refractivity contribution in [2.24, 2.45) is 0 Å². The molecule has 0 bridgehead atoms. The number of methoxy groups -OCH3 is 1. The summed E-state index contributed by atoms with van der Waals surface area (Å²) in [6, 6.07) is 12.0. The first-order valence-electron chi connectivity index (χ1n) is 9.33. The number of nitrogens with one attached hydrogen (secondary N) is 1. The molecule has 1 fully saturated rings. The van der Waals surface area contributed by atoms with E-state index in [9.17, 15) is 0 Å². The van der Waals surface area contributed by atoms with Crippen molar-refractivity contribution in [2.75, 3.05) is 50.7 Å². The van der Waals surface area contributed by atoms with Crippen molar-refractivity contribution < 1.29 is 14.2 Å². The molecule has 0 amide bonds. The molecule has 28 heavy (non-hydrogen) atoms. The van der Waals surface area contributed by atoms with Crippen LogP contribution in [0, 0.1) is 0 Å². The van der Waals surface area contributed by atoms with Crippen LogP contribution in [0.3, 0.4) is 0 Å². The Hall–Kier alpha value is -3.06. The summed E-state index contributed by atoms with van der Waals surface area (Å²) < 4.78 is 16.9. The highest BCUT2D eigenvalue weighted by molar-refractivity contribution is 5.96. The van der Waals surface area contributed by atoms with Crippen molar-refractivity contribution >= 4 is 22.4 Å². The summed E-state index contributed by atoms with van der Waals surface area (Å²) in [4.78, 5) is 11.1. The van der Waals surface area contributed by atoms with Crippen LogP contribution >= 0.6 is 0 Å². The highest BCUT2D eigenvalue weighted by Gasteiger charge is 2.17. The van der Waals surface area contributed by atoms with Gasteiger partial charge in [-0.3, -0.25) is 0 Å². The van der Waals surface area contributed by atoms with E-state index in [0.717, 1.165) is 65.8 Å². The predicted octanol–water partition coefficient (Wildman–Crippen LogP) is 3.10. The molecule has 1 aromatic heterocycles. The Morgan fingerprint density at radius 3 is 2.61 bits per heavy atom. The van der Waals surface area contributed by atoms with E-state index in [0.29, 0.717) is 6.61 Å². The number of fused-ring (bicyclic) bond motifs is 1. The molecular weight excluding hydrogens is 356 g/mol. The number of hydrogen-bond acceptors (Lipinski definition) is 7. The molecule has 0 radical (unpaired) electrons. The highest BCUT2D eigenvalue weighted by atomic mass is 16.5. The lowest BCUT2D eigenvalue weighted by Crippen LogP contribution is -2.36. The zero-order chi connectivity index (χ0) is 19.3. The molecule has 7 nitrogen and oxygen atoms in total. The van der Waals surface area contributed by atoms with Gasteiger partial charge < -0.3 is 24.4 Å². The number of hydrogen-bond donors (Lipinski definition) is 1. The maximum absolute atomic E-state index is 6.23. The predicted molar refractivity (Wildman–Crippen MR) is 109 cm³/mol. The summed E-state index contributed by atoms with van der Waals surface area (Å²) >= 11 is 0. The van der Waals surface area contributed by atoms with Gasteiger partial charge in [0.25, 0.3) is 0 Å². The quantitative estimate of drug-likeness (QED) is 0.705. The van der Waals surface area contributed by atoms with Gasteiger partial charge in [-0.1, -0.05) is 12.1 Å². The molecular formula is C21H24N4O3. The average molecular weight is 380 g/mol. The van der Waals surface area contributed by atoms with E-state index in [4.69, 9.17) is 14.2 Å². The topological polar surface area (TPSA) is 68.7 Å². The van der Waals surface area contributed by atoms with Crippen LogP contribution in [0.5, 0.6) is 11.5 Å². The summed E-state index contributed by atoms with van der Waals surface area (Å²) in [6.07, 6.45) is 1.57. The minimum Gasteiger partial charge on any atom is -0.497 e. The van der Waals surface area contributed by atoms with E-state index in [2.05, 4.69) is 32.3 Å². The second-order valence-corrected chi connectivity index (χ2v) is 6.55. The number of aromatic nitrogens is 2. The molecule has 3 aromatic rings. The second-order valence-electron chi connectivity index (χ2n) is 6.55. The van der Waals surface area contributed by atoms with Crippen LogP contribution < -0.4 is 19.7 Å². The summed E-state index contributed by atoms with van der Waals surface area (Å²) in [5, 5.41) is 4.03. The number of nitrogens with zero attached hydrogens (tertiary/aromatic N) is 3. The van der Waals surface area contributed by atoms with Crippen molar-refractivity contribution in [3.05, 3.63) is 48.3 Å². The van der Waals surface area contributed by atoms with E-state index < -0.39 is 0 Å². The molecule has 7 heteroatoms.